The first-order chi connectivity index (χ1) is 17.7. The summed E-state index contributed by atoms with van der Waals surface area (Å²) in [5.74, 6) is -2.15. The molecular formula is C29H41NO7Si. The van der Waals surface area contributed by atoms with Gasteiger partial charge in [-0.3, -0.25) is 4.79 Å². The first kappa shape index (κ1) is 31.0. The van der Waals surface area contributed by atoms with Gasteiger partial charge in [-0.2, -0.15) is 0 Å². The summed E-state index contributed by atoms with van der Waals surface area (Å²) in [7, 11) is -1.27. The van der Waals surface area contributed by atoms with Crippen LogP contribution in [0.4, 0.5) is 4.79 Å². The third-order valence-corrected chi connectivity index (χ3v) is 7.30. The van der Waals surface area contributed by atoms with Crippen LogP contribution in [0.25, 0.3) is 0 Å². The average molecular weight is 544 g/mol. The second-order valence-corrected chi connectivity index (χ2v) is 17.1. The largest absolute Gasteiger partial charge is 0.480 e. The standard InChI is InChI=1S/C29H41NO7Si/c1-29(2,3)37-27(33)24(20-35-16-17-38(4,5)6)23-14-12-21(13-15-23)18-25(26(31)32)30-28(34)36-19-22-10-8-7-9-11-22/h7-15,24-25H,16-20H2,1-6H3,(H,30,34)(H,31,32)/t24-,25+/m1/s1. The number of aliphatic carboxylic acids is 1. The normalized spacial score (nSPS) is 13.3. The Morgan fingerprint density at radius 1 is 0.947 bits per heavy atom. The number of carboxylic acid groups (broad SMARTS) is 1. The number of esters is 1. The summed E-state index contributed by atoms with van der Waals surface area (Å²) in [5.41, 5.74) is 1.57. The van der Waals surface area contributed by atoms with Crippen molar-refractivity contribution in [2.45, 2.75) is 77.0 Å². The first-order valence-electron chi connectivity index (χ1n) is 12.8. The van der Waals surface area contributed by atoms with Crippen molar-refractivity contribution >= 4 is 26.1 Å². The van der Waals surface area contributed by atoms with Gasteiger partial charge in [0, 0.05) is 21.1 Å². The average Bonchev–Trinajstić information content (AvgIpc) is 2.82. The quantitative estimate of drug-likeness (QED) is 0.198. The van der Waals surface area contributed by atoms with Crippen LogP contribution >= 0.6 is 0 Å². The lowest BCUT2D eigenvalue weighted by atomic mass is 9.96. The van der Waals surface area contributed by atoms with E-state index in [0.29, 0.717) is 12.2 Å². The van der Waals surface area contributed by atoms with E-state index in [9.17, 15) is 19.5 Å². The van der Waals surface area contributed by atoms with Crippen molar-refractivity contribution in [3.8, 4) is 0 Å². The van der Waals surface area contributed by atoms with Crippen molar-refractivity contribution in [2.75, 3.05) is 13.2 Å². The molecule has 38 heavy (non-hydrogen) atoms. The zero-order valence-corrected chi connectivity index (χ0v) is 24.3. The van der Waals surface area contributed by atoms with Gasteiger partial charge in [0.25, 0.3) is 0 Å². The van der Waals surface area contributed by atoms with E-state index in [0.717, 1.165) is 17.2 Å². The van der Waals surface area contributed by atoms with E-state index in [1.807, 2.05) is 51.1 Å². The maximum atomic E-state index is 13.0. The molecule has 2 aromatic carbocycles. The Hall–Kier alpha value is -3.17. The molecule has 0 aliphatic heterocycles. The molecule has 0 aliphatic carbocycles. The monoisotopic (exact) mass is 543 g/mol. The van der Waals surface area contributed by atoms with E-state index in [1.165, 1.54) is 0 Å². The molecule has 0 spiro atoms. The number of carbonyl (C=O) groups is 3. The third-order valence-electron chi connectivity index (χ3n) is 5.60. The van der Waals surface area contributed by atoms with E-state index in [1.54, 1.807) is 24.3 Å². The summed E-state index contributed by atoms with van der Waals surface area (Å²) in [6.45, 7) is 13.1. The minimum atomic E-state index is -1.27. The summed E-state index contributed by atoms with van der Waals surface area (Å²) in [6, 6.07) is 16.0. The molecule has 1 amide bonds. The van der Waals surface area contributed by atoms with Crippen molar-refractivity contribution in [3.63, 3.8) is 0 Å². The number of amides is 1. The molecule has 0 saturated heterocycles. The third kappa shape index (κ3) is 11.9. The molecule has 2 N–H and O–H groups in total. The molecule has 0 aromatic heterocycles. The first-order valence-corrected chi connectivity index (χ1v) is 16.5. The predicted octanol–water partition coefficient (Wildman–Crippen LogP) is 5.39. The molecular weight excluding hydrogens is 502 g/mol. The van der Waals surface area contributed by atoms with Gasteiger partial charge < -0.3 is 24.6 Å². The molecule has 0 fully saturated rings. The number of alkyl carbamates (subject to hydrolysis) is 1. The molecule has 2 atom stereocenters. The van der Waals surface area contributed by atoms with Gasteiger partial charge in [-0.25, -0.2) is 9.59 Å². The number of ether oxygens (including phenoxy) is 3. The molecule has 208 valence electrons. The summed E-state index contributed by atoms with van der Waals surface area (Å²) in [4.78, 5) is 36.9. The molecule has 0 unspecified atom stereocenters. The smallest absolute Gasteiger partial charge is 0.408 e. The molecule has 0 bridgehead atoms. The van der Waals surface area contributed by atoms with Gasteiger partial charge in [0.15, 0.2) is 0 Å². The van der Waals surface area contributed by atoms with Crippen LogP contribution in [0.2, 0.25) is 25.7 Å². The highest BCUT2D eigenvalue weighted by Crippen LogP contribution is 2.23. The topological polar surface area (TPSA) is 111 Å². The van der Waals surface area contributed by atoms with E-state index >= 15 is 0 Å². The van der Waals surface area contributed by atoms with Gasteiger partial charge >= 0.3 is 18.0 Å². The maximum absolute atomic E-state index is 13.0. The van der Waals surface area contributed by atoms with Crippen LogP contribution in [0.15, 0.2) is 54.6 Å². The number of hydrogen-bond acceptors (Lipinski definition) is 6. The van der Waals surface area contributed by atoms with E-state index in [2.05, 4.69) is 25.0 Å². The maximum Gasteiger partial charge on any atom is 0.408 e. The van der Waals surface area contributed by atoms with Crippen molar-refractivity contribution in [1.29, 1.82) is 0 Å². The zero-order chi connectivity index (χ0) is 28.3. The highest BCUT2D eigenvalue weighted by atomic mass is 28.3. The summed E-state index contributed by atoms with van der Waals surface area (Å²) >= 11 is 0. The van der Waals surface area contributed by atoms with Gasteiger partial charge in [-0.15, -0.1) is 0 Å². The number of carbonyl (C=O) groups excluding carboxylic acids is 2. The Balaban J connectivity index is 2.04. The molecule has 9 heteroatoms. The van der Waals surface area contributed by atoms with Gasteiger partial charge in [-0.1, -0.05) is 74.2 Å². The lowest BCUT2D eigenvalue weighted by molar-refractivity contribution is -0.158. The number of rotatable bonds is 13. The molecule has 2 rings (SSSR count). The van der Waals surface area contributed by atoms with E-state index in [-0.39, 0.29) is 25.6 Å². The van der Waals surface area contributed by atoms with Crippen molar-refractivity contribution in [2.24, 2.45) is 0 Å². The zero-order valence-electron chi connectivity index (χ0n) is 23.3. The fourth-order valence-corrected chi connectivity index (χ4v) is 4.24. The van der Waals surface area contributed by atoms with Crippen LogP contribution in [0, 0.1) is 0 Å². The second kappa shape index (κ2) is 14.1. The molecule has 0 aliphatic rings. The van der Waals surface area contributed by atoms with Gasteiger partial charge in [0.2, 0.25) is 0 Å². The number of benzene rings is 2. The summed E-state index contributed by atoms with van der Waals surface area (Å²) < 4.78 is 16.7. The summed E-state index contributed by atoms with van der Waals surface area (Å²) in [5, 5.41) is 12.0. The van der Waals surface area contributed by atoms with Crippen LogP contribution in [0.3, 0.4) is 0 Å². The fourth-order valence-electron chi connectivity index (χ4n) is 3.48. The van der Waals surface area contributed by atoms with E-state index < -0.39 is 37.7 Å². The molecule has 0 saturated carbocycles. The van der Waals surface area contributed by atoms with Gasteiger partial charge in [-0.05, 0) is 43.5 Å². The SMILES string of the molecule is CC(C)(C)OC(=O)[C@H](COCC[Si](C)(C)C)c1ccc(C[C@H](NC(=O)OCc2ccccc2)C(=O)O)cc1. The van der Waals surface area contributed by atoms with Crippen molar-refractivity contribution in [1.82, 2.24) is 5.32 Å². The molecule has 2 aromatic rings. The van der Waals surface area contributed by atoms with Crippen LogP contribution in [0.5, 0.6) is 0 Å². The number of carboxylic acids is 1. The van der Waals surface area contributed by atoms with Crippen LogP contribution in [-0.4, -0.2) is 56.1 Å². The highest BCUT2D eigenvalue weighted by molar-refractivity contribution is 6.76. The molecule has 8 nitrogen and oxygen atoms in total. The second-order valence-electron chi connectivity index (χ2n) is 11.5. The Kier molecular flexibility index (Phi) is 11.5. The Morgan fingerprint density at radius 3 is 2.13 bits per heavy atom. The highest BCUT2D eigenvalue weighted by Gasteiger charge is 2.28. The minimum absolute atomic E-state index is 0.0414. The van der Waals surface area contributed by atoms with Crippen molar-refractivity contribution < 1.29 is 33.7 Å². The lowest BCUT2D eigenvalue weighted by Crippen LogP contribution is -2.42. The fraction of sp³-hybridized carbons (Fsp3) is 0.483. The minimum Gasteiger partial charge on any atom is -0.480 e. The van der Waals surface area contributed by atoms with E-state index in [4.69, 9.17) is 14.2 Å². The van der Waals surface area contributed by atoms with Crippen LogP contribution in [0.1, 0.15) is 43.4 Å². The number of hydrogen-bond donors (Lipinski definition) is 2. The Bertz CT molecular complexity index is 1040. The predicted molar refractivity (Wildman–Crippen MR) is 149 cm³/mol. The number of nitrogens with one attached hydrogen (secondary N) is 1. The summed E-state index contributed by atoms with van der Waals surface area (Å²) in [6.07, 6.45) is -0.752. The van der Waals surface area contributed by atoms with Gasteiger partial charge in [0.05, 0.1) is 6.61 Å². The lowest BCUT2D eigenvalue weighted by Gasteiger charge is -2.25. The van der Waals surface area contributed by atoms with Gasteiger partial charge in [0.1, 0.15) is 24.2 Å². The Labute approximate surface area is 226 Å². The van der Waals surface area contributed by atoms with Crippen LogP contribution in [-0.2, 0) is 36.8 Å². The Morgan fingerprint density at radius 2 is 1.58 bits per heavy atom. The molecule has 0 heterocycles. The van der Waals surface area contributed by atoms with Crippen LogP contribution < -0.4 is 5.32 Å². The molecule has 0 radical (unpaired) electrons. The van der Waals surface area contributed by atoms with Crippen molar-refractivity contribution in [3.05, 3.63) is 71.3 Å².